The van der Waals surface area contributed by atoms with Crippen molar-refractivity contribution in [1.82, 2.24) is 10.1 Å². The van der Waals surface area contributed by atoms with E-state index in [0.29, 0.717) is 17.3 Å². The summed E-state index contributed by atoms with van der Waals surface area (Å²) < 4.78 is 5.24. The largest absolute Gasteiger partial charge is 0.394 e. The van der Waals surface area contributed by atoms with E-state index in [2.05, 4.69) is 5.16 Å². The van der Waals surface area contributed by atoms with Gasteiger partial charge >= 0.3 is 0 Å². The van der Waals surface area contributed by atoms with E-state index >= 15 is 0 Å². The average molecular weight is 307 g/mol. The molecular weight excluding hydrogens is 292 g/mol. The molecule has 110 valence electrons. The molecule has 0 radical (unpaired) electrons. The van der Waals surface area contributed by atoms with Crippen molar-refractivity contribution in [3.8, 4) is 11.3 Å². The van der Waals surface area contributed by atoms with E-state index in [1.54, 1.807) is 23.1 Å². The number of nitrogens with zero attached hydrogens (tertiary/aromatic N) is 2. The van der Waals surface area contributed by atoms with Crippen molar-refractivity contribution >= 4 is 17.5 Å². The summed E-state index contributed by atoms with van der Waals surface area (Å²) in [7, 11) is 0. The van der Waals surface area contributed by atoms with Gasteiger partial charge in [-0.1, -0.05) is 28.9 Å². The molecule has 6 heteroatoms. The van der Waals surface area contributed by atoms with Crippen molar-refractivity contribution in [2.24, 2.45) is 0 Å². The van der Waals surface area contributed by atoms with Crippen LogP contribution in [0.5, 0.6) is 0 Å². The predicted molar refractivity (Wildman–Crippen MR) is 78.1 cm³/mol. The van der Waals surface area contributed by atoms with E-state index < -0.39 is 0 Å². The second kappa shape index (κ2) is 5.87. The van der Waals surface area contributed by atoms with Crippen molar-refractivity contribution < 1.29 is 14.4 Å². The average Bonchev–Trinajstić information content (AvgIpc) is 3.15. The zero-order valence-electron chi connectivity index (χ0n) is 11.3. The summed E-state index contributed by atoms with van der Waals surface area (Å²) in [5.74, 6) is 0.296. The highest BCUT2D eigenvalue weighted by atomic mass is 35.5. The minimum atomic E-state index is -0.205. The first-order valence-electron chi connectivity index (χ1n) is 6.83. The van der Waals surface area contributed by atoms with Gasteiger partial charge in [-0.15, -0.1) is 0 Å². The molecule has 1 atom stereocenters. The molecule has 0 bridgehead atoms. The summed E-state index contributed by atoms with van der Waals surface area (Å²) in [5, 5.41) is 13.7. The van der Waals surface area contributed by atoms with Gasteiger partial charge in [0, 0.05) is 23.2 Å². The second-order valence-corrected chi connectivity index (χ2v) is 5.50. The Balaban J connectivity index is 1.83. The first-order valence-corrected chi connectivity index (χ1v) is 7.21. The first-order chi connectivity index (χ1) is 10.2. The number of aliphatic hydroxyl groups excluding tert-OH is 1. The van der Waals surface area contributed by atoms with Gasteiger partial charge in [-0.3, -0.25) is 4.79 Å². The Labute approximate surface area is 127 Å². The smallest absolute Gasteiger partial charge is 0.276 e. The van der Waals surface area contributed by atoms with Gasteiger partial charge in [-0.25, -0.2) is 0 Å². The second-order valence-electron chi connectivity index (χ2n) is 5.06. The highest BCUT2D eigenvalue weighted by Crippen LogP contribution is 2.25. The molecule has 1 fully saturated rings. The number of rotatable bonds is 3. The van der Waals surface area contributed by atoms with Gasteiger partial charge in [-0.05, 0) is 25.0 Å². The summed E-state index contributed by atoms with van der Waals surface area (Å²) in [6.45, 7) is 0.619. The zero-order chi connectivity index (χ0) is 14.8. The third-order valence-corrected chi connectivity index (χ3v) is 3.92. The van der Waals surface area contributed by atoms with Crippen LogP contribution in [0.3, 0.4) is 0 Å². The van der Waals surface area contributed by atoms with E-state index in [1.807, 2.05) is 12.1 Å². The maximum Gasteiger partial charge on any atom is 0.276 e. The summed E-state index contributed by atoms with van der Waals surface area (Å²) in [6.07, 6.45) is 1.72. The fourth-order valence-corrected chi connectivity index (χ4v) is 2.78. The van der Waals surface area contributed by atoms with E-state index in [9.17, 15) is 9.90 Å². The van der Waals surface area contributed by atoms with Gasteiger partial charge in [0.05, 0.1) is 12.6 Å². The Morgan fingerprint density at radius 3 is 3.10 bits per heavy atom. The normalized spacial score (nSPS) is 18.2. The summed E-state index contributed by atoms with van der Waals surface area (Å²) in [6, 6.07) is 8.66. The number of aromatic nitrogens is 1. The topological polar surface area (TPSA) is 66.6 Å². The lowest BCUT2D eigenvalue weighted by molar-refractivity contribution is 0.0667. The molecule has 0 spiro atoms. The number of benzene rings is 1. The molecule has 3 rings (SSSR count). The predicted octanol–water partition coefficient (Wildman–Crippen LogP) is 2.59. The number of halogens is 1. The minimum absolute atomic E-state index is 0.0231. The molecule has 1 aromatic carbocycles. The van der Waals surface area contributed by atoms with Crippen molar-refractivity contribution in [2.45, 2.75) is 18.9 Å². The van der Waals surface area contributed by atoms with E-state index in [0.717, 1.165) is 18.4 Å². The number of carbonyl (C=O) groups is 1. The lowest BCUT2D eigenvalue weighted by Crippen LogP contribution is -2.37. The van der Waals surface area contributed by atoms with Crippen LogP contribution in [-0.2, 0) is 0 Å². The number of likely N-dealkylation sites (tertiary alicyclic amines) is 1. The van der Waals surface area contributed by atoms with Crippen molar-refractivity contribution in [3.63, 3.8) is 0 Å². The van der Waals surface area contributed by atoms with Crippen LogP contribution in [0.25, 0.3) is 11.3 Å². The van der Waals surface area contributed by atoms with Gasteiger partial charge in [-0.2, -0.15) is 0 Å². The van der Waals surface area contributed by atoms with Crippen LogP contribution in [0, 0.1) is 0 Å². The van der Waals surface area contributed by atoms with Gasteiger partial charge in [0.15, 0.2) is 11.5 Å². The highest BCUT2D eigenvalue weighted by molar-refractivity contribution is 6.30. The highest BCUT2D eigenvalue weighted by Gasteiger charge is 2.30. The Morgan fingerprint density at radius 2 is 2.33 bits per heavy atom. The summed E-state index contributed by atoms with van der Waals surface area (Å²) in [4.78, 5) is 14.0. The minimum Gasteiger partial charge on any atom is -0.394 e. The Bertz CT molecular complexity index is 656. The zero-order valence-corrected chi connectivity index (χ0v) is 12.1. The van der Waals surface area contributed by atoms with E-state index in [-0.39, 0.29) is 24.2 Å². The molecule has 1 aromatic heterocycles. The number of hydrogen-bond acceptors (Lipinski definition) is 4. The lowest BCUT2D eigenvalue weighted by atomic mass is 10.1. The molecule has 1 amide bonds. The standard InChI is InChI=1S/C15H15ClN2O3/c16-11-4-1-3-10(7-11)14-8-13(17-21-14)15(20)18-6-2-5-12(18)9-19/h1,3-4,7-8,12,19H,2,5-6,9H2/t12-/m1/s1. The van der Waals surface area contributed by atoms with Crippen LogP contribution < -0.4 is 0 Å². The molecule has 2 aromatic rings. The maximum atomic E-state index is 12.4. The van der Waals surface area contributed by atoms with Gasteiger partial charge in [0.25, 0.3) is 5.91 Å². The van der Waals surface area contributed by atoms with Gasteiger partial charge in [0.2, 0.25) is 0 Å². The molecule has 0 unspecified atom stereocenters. The maximum absolute atomic E-state index is 12.4. The van der Waals surface area contributed by atoms with E-state index in [4.69, 9.17) is 16.1 Å². The SMILES string of the molecule is O=C(c1cc(-c2cccc(Cl)c2)on1)N1CCC[C@@H]1CO. The van der Waals surface area contributed by atoms with Gasteiger partial charge < -0.3 is 14.5 Å². The fraction of sp³-hybridized carbons (Fsp3) is 0.333. The molecule has 0 aliphatic carbocycles. The first kappa shape index (κ1) is 14.1. The van der Waals surface area contributed by atoms with Crippen LogP contribution in [0.2, 0.25) is 5.02 Å². The van der Waals surface area contributed by atoms with Crippen LogP contribution in [-0.4, -0.2) is 40.3 Å². The Morgan fingerprint density at radius 1 is 1.48 bits per heavy atom. The molecule has 1 N–H and O–H groups in total. The van der Waals surface area contributed by atoms with Crippen LogP contribution in [0.4, 0.5) is 0 Å². The number of aliphatic hydroxyl groups is 1. The van der Waals surface area contributed by atoms with Crippen molar-refractivity contribution in [2.75, 3.05) is 13.2 Å². The quantitative estimate of drug-likeness (QED) is 0.946. The molecular formula is C15H15ClN2O3. The number of carbonyl (C=O) groups excluding carboxylic acids is 1. The summed E-state index contributed by atoms with van der Waals surface area (Å²) in [5.41, 5.74) is 1.03. The molecule has 1 aliphatic rings. The molecule has 21 heavy (non-hydrogen) atoms. The van der Waals surface area contributed by atoms with E-state index in [1.165, 1.54) is 0 Å². The van der Waals surface area contributed by atoms with Crippen LogP contribution in [0.15, 0.2) is 34.9 Å². The molecule has 5 nitrogen and oxygen atoms in total. The summed E-state index contributed by atoms with van der Waals surface area (Å²) >= 11 is 5.94. The lowest BCUT2D eigenvalue weighted by Gasteiger charge is -2.21. The van der Waals surface area contributed by atoms with Crippen LogP contribution >= 0.6 is 11.6 Å². The number of amides is 1. The third kappa shape index (κ3) is 2.80. The van der Waals surface area contributed by atoms with Crippen LogP contribution in [0.1, 0.15) is 23.3 Å². The number of hydrogen-bond donors (Lipinski definition) is 1. The van der Waals surface area contributed by atoms with Crippen molar-refractivity contribution in [1.29, 1.82) is 0 Å². The Hall–Kier alpha value is -1.85. The monoisotopic (exact) mass is 306 g/mol. The van der Waals surface area contributed by atoms with Crippen molar-refractivity contribution in [3.05, 3.63) is 41.0 Å². The Kier molecular flexibility index (Phi) is 3.94. The molecule has 1 aliphatic heterocycles. The van der Waals surface area contributed by atoms with Gasteiger partial charge in [0.1, 0.15) is 0 Å². The molecule has 1 saturated heterocycles. The third-order valence-electron chi connectivity index (χ3n) is 3.69. The fourth-order valence-electron chi connectivity index (χ4n) is 2.59. The molecule has 2 heterocycles. The molecule has 0 saturated carbocycles.